The van der Waals surface area contributed by atoms with Crippen LogP contribution in [-0.4, -0.2) is 10.8 Å². The van der Waals surface area contributed by atoms with Gasteiger partial charge >= 0.3 is 0 Å². The predicted molar refractivity (Wildman–Crippen MR) is 68.2 cm³/mol. The van der Waals surface area contributed by atoms with Crippen molar-refractivity contribution in [1.29, 1.82) is 0 Å². The lowest BCUT2D eigenvalue weighted by Gasteiger charge is -2.57. The van der Waals surface area contributed by atoms with Gasteiger partial charge in [-0.15, -0.1) is 0 Å². The number of fused-ring (bicyclic) bond motifs is 1. The maximum atomic E-state index is 2.50. The Morgan fingerprint density at radius 1 is 1.13 bits per heavy atom. The van der Waals surface area contributed by atoms with Crippen molar-refractivity contribution in [3.63, 3.8) is 0 Å². The maximum Gasteiger partial charge on any atom is -0.00739 e. The van der Waals surface area contributed by atoms with Gasteiger partial charge in [0.15, 0.2) is 0 Å². The van der Waals surface area contributed by atoms with E-state index in [1.807, 2.05) is 0 Å². The van der Waals surface area contributed by atoms with E-state index >= 15 is 0 Å². The molecule has 3 rings (SSSR count). The smallest absolute Gasteiger partial charge is 0.00739 e. The summed E-state index contributed by atoms with van der Waals surface area (Å²) in [5.74, 6) is 1.03. The highest BCUT2D eigenvalue weighted by Gasteiger charge is 2.57. The van der Waals surface area contributed by atoms with E-state index in [1.165, 1.54) is 19.3 Å². The van der Waals surface area contributed by atoms with Gasteiger partial charge in [-0.1, -0.05) is 58.5 Å². The van der Waals surface area contributed by atoms with Crippen molar-refractivity contribution in [1.82, 2.24) is 0 Å². The topological polar surface area (TPSA) is 0 Å². The fourth-order valence-corrected chi connectivity index (χ4v) is 7.85. The predicted octanol–water partition coefficient (Wildman–Crippen LogP) is 3.75. The van der Waals surface area contributed by atoms with Gasteiger partial charge in [0.2, 0.25) is 0 Å². The number of benzene rings is 1. The van der Waals surface area contributed by atoms with E-state index in [1.54, 1.807) is 5.30 Å². The molecular weight excluding hydrogens is 199 g/mol. The molecule has 1 aromatic rings. The van der Waals surface area contributed by atoms with Crippen LogP contribution in [0.2, 0.25) is 0 Å². The molecule has 0 aromatic heterocycles. The summed E-state index contributed by atoms with van der Waals surface area (Å²) in [5.41, 5.74) is 1.05. The van der Waals surface area contributed by atoms with E-state index in [4.69, 9.17) is 0 Å². The molecule has 1 aliphatic carbocycles. The molecule has 0 spiro atoms. The van der Waals surface area contributed by atoms with Gasteiger partial charge in [0.1, 0.15) is 0 Å². The number of rotatable bonds is 1. The van der Waals surface area contributed by atoms with E-state index in [-0.39, 0.29) is 7.92 Å². The van der Waals surface area contributed by atoms with Gasteiger partial charge in [0, 0.05) is 0 Å². The molecule has 2 fully saturated rings. The molecule has 0 amide bonds. The molecule has 80 valence electrons. The largest absolute Gasteiger partial charge is 0.0657 e. The van der Waals surface area contributed by atoms with Crippen molar-refractivity contribution in [2.45, 2.75) is 43.9 Å². The van der Waals surface area contributed by atoms with Crippen molar-refractivity contribution in [2.24, 2.45) is 5.92 Å². The minimum absolute atomic E-state index is 0.123. The van der Waals surface area contributed by atoms with Crippen LogP contribution in [0.15, 0.2) is 30.3 Å². The van der Waals surface area contributed by atoms with E-state index in [2.05, 4.69) is 44.2 Å². The summed E-state index contributed by atoms with van der Waals surface area (Å²) in [6, 6.07) is 11.2. The summed E-state index contributed by atoms with van der Waals surface area (Å²) in [6.07, 6.45) is 4.46. The molecule has 0 N–H and O–H groups in total. The van der Waals surface area contributed by atoms with Gasteiger partial charge in [-0.2, -0.15) is 0 Å². The van der Waals surface area contributed by atoms with E-state index in [0.29, 0.717) is 5.16 Å². The fourth-order valence-electron chi connectivity index (χ4n) is 3.71. The summed E-state index contributed by atoms with van der Waals surface area (Å²) >= 11 is 0. The van der Waals surface area contributed by atoms with Gasteiger partial charge in [0.05, 0.1) is 0 Å². The first kappa shape index (κ1) is 9.85. The monoisotopic (exact) mass is 218 g/mol. The summed E-state index contributed by atoms with van der Waals surface area (Å²) < 4.78 is 0. The summed E-state index contributed by atoms with van der Waals surface area (Å²) in [7, 11) is 0.123. The molecule has 0 radical (unpaired) electrons. The van der Waals surface area contributed by atoms with Crippen molar-refractivity contribution in [3.05, 3.63) is 30.3 Å². The summed E-state index contributed by atoms with van der Waals surface area (Å²) in [5, 5.41) is 2.25. The molecule has 1 saturated carbocycles. The third-order valence-corrected chi connectivity index (χ3v) is 8.08. The van der Waals surface area contributed by atoms with E-state index < -0.39 is 0 Å². The van der Waals surface area contributed by atoms with E-state index in [0.717, 1.165) is 11.6 Å². The highest BCUT2D eigenvalue weighted by atomic mass is 31.1. The van der Waals surface area contributed by atoms with Crippen LogP contribution >= 0.6 is 7.92 Å². The third-order valence-electron chi connectivity index (χ3n) is 4.37. The van der Waals surface area contributed by atoms with Gasteiger partial charge in [-0.05, 0) is 34.9 Å². The Bertz CT molecular complexity index is 355. The standard InChI is InChI=1S/C14H19P/c1-14(2)12-9-6-10-13(12)15(14)11-7-4-3-5-8-11/h3-5,7-8,12-13H,6,9-10H2,1-2H3. The molecule has 0 nitrogen and oxygen atoms in total. The second-order valence-electron chi connectivity index (χ2n) is 5.46. The average molecular weight is 218 g/mol. The van der Waals surface area contributed by atoms with Crippen molar-refractivity contribution >= 4 is 13.2 Å². The zero-order valence-electron chi connectivity index (χ0n) is 9.61. The Hall–Kier alpha value is -0.350. The molecule has 3 unspecified atom stereocenters. The van der Waals surface area contributed by atoms with Crippen LogP contribution in [0.5, 0.6) is 0 Å². The van der Waals surface area contributed by atoms with Crippen LogP contribution in [0.4, 0.5) is 0 Å². The molecular formula is C14H19P. The lowest BCUT2D eigenvalue weighted by atomic mass is 9.91. The van der Waals surface area contributed by atoms with Crippen LogP contribution < -0.4 is 5.30 Å². The third kappa shape index (κ3) is 1.31. The normalized spacial score (nSPS) is 37.1. The first-order valence-electron chi connectivity index (χ1n) is 6.05. The molecule has 1 heteroatoms. The maximum absolute atomic E-state index is 2.50. The quantitative estimate of drug-likeness (QED) is 0.630. The number of hydrogen-bond donors (Lipinski definition) is 0. The zero-order valence-corrected chi connectivity index (χ0v) is 10.5. The van der Waals surface area contributed by atoms with Gasteiger partial charge in [-0.3, -0.25) is 0 Å². The molecule has 3 atom stereocenters. The molecule has 0 bridgehead atoms. The van der Waals surface area contributed by atoms with Crippen molar-refractivity contribution in [2.75, 3.05) is 0 Å². The Morgan fingerprint density at radius 3 is 2.60 bits per heavy atom. The minimum atomic E-state index is 0.123. The molecule has 2 aliphatic rings. The Labute approximate surface area is 93.8 Å². The van der Waals surface area contributed by atoms with Gasteiger partial charge in [0.25, 0.3) is 0 Å². The van der Waals surface area contributed by atoms with Crippen LogP contribution in [0.25, 0.3) is 0 Å². The second kappa shape index (κ2) is 3.32. The Balaban J connectivity index is 1.94. The average Bonchev–Trinajstić information content (AvgIpc) is 2.65. The van der Waals surface area contributed by atoms with Gasteiger partial charge in [-0.25, -0.2) is 0 Å². The van der Waals surface area contributed by atoms with Crippen LogP contribution in [0.3, 0.4) is 0 Å². The highest BCUT2D eigenvalue weighted by Crippen LogP contribution is 2.73. The number of hydrogen-bond acceptors (Lipinski definition) is 0. The SMILES string of the molecule is CC1(C)C2CCCC2P1c1ccccc1. The minimum Gasteiger partial charge on any atom is -0.0657 e. The Kier molecular flexibility index (Phi) is 2.18. The summed E-state index contributed by atoms with van der Waals surface area (Å²) in [4.78, 5) is 0. The highest BCUT2D eigenvalue weighted by molar-refractivity contribution is 7.69. The van der Waals surface area contributed by atoms with E-state index in [9.17, 15) is 0 Å². The second-order valence-corrected chi connectivity index (χ2v) is 8.54. The molecule has 1 aliphatic heterocycles. The lowest BCUT2D eigenvalue weighted by Crippen LogP contribution is -2.50. The zero-order chi connectivity index (χ0) is 10.5. The first-order valence-corrected chi connectivity index (χ1v) is 7.47. The first-order chi connectivity index (χ1) is 7.21. The Morgan fingerprint density at radius 2 is 1.87 bits per heavy atom. The lowest BCUT2D eigenvalue weighted by molar-refractivity contribution is 0.384. The van der Waals surface area contributed by atoms with Crippen molar-refractivity contribution in [3.8, 4) is 0 Å². The molecule has 1 saturated heterocycles. The fraction of sp³-hybridized carbons (Fsp3) is 0.571. The van der Waals surface area contributed by atoms with Gasteiger partial charge < -0.3 is 0 Å². The van der Waals surface area contributed by atoms with Crippen LogP contribution in [0.1, 0.15) is 33.1 Å². The molecule has 15 heavy (non-hydrogen) atoms. The van der Waals surface area contributed by atoms with Crippen LogP contribution in [-0.2, 0) is 0 Å². The summed E-state index contributed by atoms with van der Waals surface area (Å²) in [6.45, 7) is 5.00. The van der Waals surface area contributed by atoms with Crippen LogP contribution in [0, 0.1) is 5.92 Å². The van der Waals surface area contributed by atoms with Crippen molar-refractivity contribution < 1.29 is 0 Å². The molecule has 1 aromatic carbocycles. The molecule has 1 heterocycles.